The molecule has 114 valence electrons. The van der Waals surface area contributed by atoms with E-state index in [4.69, 9.17) is 14.2 Å². The van der Waals surface area contributed by atoms with Gasteiger partial charge in [0, 0.05) is 12.2 Å². The average Bonchev–Trinajstić information content (AvgIpc) is 3.01. The average molecular weight is 300 g/mol. The molecule has 2 aromatic carbocycles. The van der Waals surface area contributed by atoms with Crippen LogP contribution in [-0.4, -0.2) is 19.9 Å². The Morgan fingerprint density at radius 3 is 2.68 bits per heavy atom. The molecule has 1 aliphatic heterocycles. The molecular weight excluding hydrogens is 284 g/mol. The van der Waals surface area contributed by atoms with Crippen molar-refractivity contribution in [2.24, 2.45) is 0 Å². The second kappa shape index (κ2) is 6.26. The van der Waals surface area contributed by atoms with Gasteiger partial charge < -0.3 is 24.8 Å². The Kier molecular flexibility index (Phi) is 4.00. The third-order valence-corrected chi connectivity index (χ3v) is 3.24. The Balaban J connectivity index is 1.53. The zero-order valence-electron chi connectivity index (χ0n) is 12.1. The number of amides is 2. The van der Waals surface area contributed by atoms with Crippen LogP contribution in [0.4, 0.5) is 10.5 Å². The summed E-state index contributed by atoms with van der Waals surface area (Å²) >= 11 is 0. The maximum atomic E-state index is 11.9. The summed E-state index contributed by atoms with van der Waals surface area (Å²) in [5.74, 6) is 2.17. The van der Waals surface area contributed by atoms with E-state index in [2.05, 4.69) is 10.6 Å². The Hall–Kier alpha value is -2.89. The Labute approximate surface area is 128 Å². The lowest BCUT2D eigenvalue weighted by atomic mass is 10.2. The van der Waals surface area contributed by atoms with Gasteiger partial charge in [-0.2, -0.15) is 0 Å². The third kappa shape index (κ3) is 3.22. The molecule has 0 unspecified atom stereocenters. The minimum Gasteiger partial charge on any atom is -0.497 e. The van der Waals surface area contributed by atoms with Crippen LogP contribution in [0.25, 0.3) is 0 Å². The summed E-state index contributed by atoms with van der Waals surface area (Å²) in [6.07, 6.45) is 0. The molecule has 0 fully saturated rings. The van der Waals surface area contributed by atoms with Crippen LogP contribution in [0.3, 0.4) is 0 Å². The molecule has 0 aliphatic carbocycles. The number of hydrogen-bond donors (Lipinski definition) is 2. The van der Waals surface area contributed by atoms with Gasteiger partial charge >= 0.3 is 6.03 Å². The fourth-order valence-corrected chi connectivity index (χ4v) is 2.08. The predicted molar refractivity (Wildman–Crippen MR) is 81.4 cm³/mol. The van der Waals surface area contributed by atoms with Crippen molar-refractivity contribution in [3.05, 3.63) is 48.0 Å². The summed E-state index contributed by atoms with van der Waals surface area (Å²) in [7, 11) is 1.60. The van der Waals surface area contributed by atoms with Crippen LogP contribution in [0.1, 0.15) is 5.56 Å². The van der Waals surface area contributed by atoms with Crippen molar-refractivity contribution in [1.82, 2.24) is 5.32 Å². The SMILES string of the molecule is COc1ccc(NC(=O)NCc2ccc3c(c2)OCO3)cc1. The highest BCUT2D eigenvalue weighted by Gasteiger charge is 2.13. The predicted octanol–water partition coefficient (Wildman–Crippen LogP) is 2.75. The second-order valence-electron chi connectivity index (χ2n) is 4.72. The van der Waals surface area contributed by atoms with Crippen molar-refractivity contribution in [2.75, 3.05) is 19.2 Å². The molecule has 0 saturated carbocycles. The number of methoxy groups -OCH3 is 1. The van der Waals surface area contributed by atoms with Gasteiger partial charge in [-0.3, -0.25) is 0 Å². The van der Waals surface area contributed by atoms with E-state index in [0.717, 1.165) is 17.1 Å². The summed E-state index contributed by atoms with van der Waals surface area (Å²) in [5, 5.41) is 5.54. The highest BCUT2D eigenvalue weighted by atomic mass is 16.7. The summed E-state index contributed by atoms with van der Waals surface area (Å²) in [4.78, 5) is 11.9. The number of benzene rings is 2. The van der Waals surface area contributed by atoms with Crippen LogP contribution in [0.15, 0.2) is 42.5 Å². The van der Waals surface area contributed by atoms with E-state index < -0.39 is 0 Å². The van der Waals surface area contributed by atoms with Crippen LogP contribution < -0.4 is 24.8 Å². The van der Waals surface area contributed by atoms with Gasteiger partial charge in [0.15, 0.2) is 11.5 Å². The first kappa shape index (κ1) is 14.1. The lowest BCUT2D eigenvalue weighted by molar-refractivity contribution is 0.174. The molecule has 0 saturated heterocycles. The van der Waals surface area contributed by atoms with Crippen LogP contribution in [-0.2, 0) is 6.54 Å². The molecule has 0 bridgehead atoms. The highest BCUT2D eigenvalue weighted by molar-refractivity contribution is 5.89. The van der Waals surface area contributed by atoms with Gasteiger partial charge in [0.1, 0.15) is 5.75 Å². The second-order valence-corrected chi connectivity index (χ2v) is 4.72. The molecule has 1 aliphatic rings. The van der Waals surface area contributed by atoms with Crippen LogP contribution in [0.5, 0.6) is 17.2 Å². The number of rotatable bonds is 4. The van der Waals surface area contributed by atoms with Crippen LogP contribution in [0.2, 0.25) is 0 Å². The van der Waals surface area contributed by atoms with E-state index in [-0.39, 0.29) is 12.8 Å². The lowest BCUT2D eigenvalue weighted by Gasteiger charge is -2.09. The van der Waals surface area contributed by atoms with Crippen molar-refractivity contribution < 1.29 is 19.0 Å². The fourth-order valence-electron chi connectivity index (χ4n) is 2.08. The molecule has 6 nitrogen and oxygen atoms in total. The number of fused-ring (bicyclic) bond motifs is 1. The number of anilines is 1. The van der Waals surface area contributed by atoms with E-state index in [0.29, 0.717) is 18.0 Å². The van der Waals surface area contributed by atoms with Crippen LogP contribution in [0, 0.1) is 0 Å². The maximum Gasteiger partial charge on any atom is 0.319 e. The van der Waals surface area contributed by atoms with Gasteiger partial charge in [-0.05, 0) is 42.0 Å². The molecule has 2 N–H and O–H groups in total. The summed E-state index contributed by atoms with van der Waals surface area (Å²) in [6.45, 7) is 0.642. The third-order valence-electron chi connectivity index (χ3n) is 3.24. The van der Waals surface area contributed by atoms with Crippen molar-refractivity contribution in [2.45, 2.75) is 6.54 Å². The molecule has 22 heavy (non-hydrogen) atoms. The van der Waals surface area contributed by atoms with Gasteiger partial charge in [0.2, 0.25) is 6.79 Å². The summed E-state index contributed by atoms with van der Waals surface area (Å²) in [5.41, 5.74) is 1.64. The zero-order valence-corrected chi connectivity index (χ0v) is 12.1. The normalized spacial score (nSPS) is 11.9. The van der Waals surface area contributed by atoms with Crippen molar-refractivity contribution in [3.63, 3.8) is 0 Å². The number of nitrogens with one attached hydrogen (secondary N) is 2. The number of ether oxygens (including phenoxy) is 3. The smallest absolute Gasteiger partial charge is 0.319 e. The van der Waals surface area contributed by atoms with E-state index >= 15 is 0 Å². The first-order chi connectivity index (χ1) is 10.7. The van der Waals surface area contributed by atoms with Gasteiger partial charge in [-0.1, -0.05) is 6.07 Å². The largest absolute Gasteiger partial charge is 0.497 e. The van der Waals surface area contributed by atoms with Crippen molar-refractivity contribution in [3.8, 4) is 17.2 Å². The van der Waals surface area contributed by atoms with Crippen molar-refractivity contribution >= 4 is 11.7 Å². The maximum absolute atomic E-state index is 11.9. The number of urea groups is 1. The van der Waals surface area contributed by atoms with Gasteiger partial charge in [0.05, 0.1) is 7.11 Å². The van der Waals surface area contributed by atoms with Gasteiger partial charge in [-0.15, -0.1) is 0 Å². The minimum absolute atomic E-state index is 0.240. The van der Waals surface area contributed by atoms with Gasteiger partial charge in [0.25, 0.3) is 0 Å². The monoisotopic (exact) mass is 300 g/mol. The Bertz CT molecular complexity index is 670. The molecule has 2 aromatic rings. The van der Waals surface area contributed by atoms with Crippen molar-refractivity contribution in [1.29, 1.82) is 0 Å². The van der Waals surface area contributed by atoms with E-state index in [9.17, 15) is 4.79 Å². The molecule has 6 heteroatoms. The number of carbonyl (C=O) groups is 1. The molecular formula is C16H16N2O4. The first-order valence-corrected chi connectivity index (χ1v) is 6.82. The number of hydrogen-bond acceptors (Lipinski definition) is 4. The fraction of sp³-hybridized carbons (Fsp3) is 0.188. The van der Waals surface area contributed by atoms with E-state index in [1.807, 2.05) is 18.2 Å². The summed E-state index contributed by atoms with van der Waals surface area (Å²) < 4.78 is 15.6. The molecule has 0 spiro atoms. The quantitative estimate of drug-likeness (QED) is 0.911. The molecule has 2 amide bonds. The molecule has 0 radical (unpaired) electrons. The highest BCUT2D eigenvalue weighted by Crippen LogP contribution is 2.32. The molecule has 3 rings (SSSR count). The molecule has 1 heterocycles. The Morgan fingerprint density at radius 2 is 1.91 bits per heavy atom. The van der Waals surface area contributed by atoms with Gasteiger partial charge in [-0.25, -0.2) is 4.79 Å². The van der Waals surface area contributed by atoms with E-state index in [1.165, 1.54) is 0 Å². The molecule has 0 aromatic heterocycles. The lowest BCUT2D eigenvalue weighted by Crippen LogP contribution is -2.28. The van der Waals surface area contributed by atoms with E-state index in [1.54, 1.807) is 31.4 Å². The standard InChI is InChI=1S/C16H16N2O4/c1-20-13-5-3-12(4-6-13)18-16(19)17-9-11-2-7-14-15(8-11)22-10-21-14/h2-8H,9-10H2,1H3,(H2,17,18,19). The Morgan fingerprint density at radius 1 is 1.14 bits per heavy atom. The minimum atomic E-state index is -0.275. The summed E-state index contributed by atoms with van der Waals surface area (Å²) in [6, 6.07) is 12.4. The van der Waals surface area contributed by atoms with Crippen LogP contribution >= 0.6 is 0 Å². The molecule has 0 atom stereocenters. The topological polar surface area (TPSA) is 68.8 Å². The zero-order chi connectivity index (χ0) is 15.4. The first-order valence-electron chi connectivity index (χ1n) is 6.82. The number of carbonyl (C=O) groups excluding carboxylic acids is 1.